The summed E-state index contributed by atoms with van der Waals surface area (Å²) >= 11 is 3.89. The predicted molar refractivity (Wildman–Crippen MR) is 43.3 cm³/mol. The van der Waals surface area contributed by atoms with Crippen LogP contribution in [0.25, 0.3) is 0 Å². The first-order valence-electron chi connectivity index (χ1n) is 2.37. The van der Waals surface area contributed by atoms with Crippen molar-refractivity contribution in [2.45, 2.75) is 0 Å². The number of nitrogens with zero attached hydrogens (tertiary/aromatic N) is 1. The molecule has 0 radical (unpaired) electrons. The van der Waals surface area contributed by atoms with Gasteiger partial charge in [-0.05, 0) is 0 Å². The lowest BCUT2D eigenvalue weighted by Crippen LogP contribution is -1.81. The van der Waals surface area contributed by atoms with Crippen LogP contribution in [0.2, 0.25) is 0 Å². The molecule has 0 aromatic heterocycles. The number of allylic oxidation sites excluding steroid dienone is 1. The molecule has 0 atom stereocenters. The van der Waals surface area contributed by atoms with Crippen molar-refractivity contribution >= 4 is 18.8 Å². The van der Waals surface area contributed by atoms with Crippen LogP contribution in [-0.4, -0.2) is 17.1 Å². The van der Waals surface area contributed by atoms with Gasteiger partial charge in [0.2, 0.25) is 0 Å². The molecule has 0 heterocycles. The maximum atomic E-state index is 8.49. The number of thiol groups is 1. The molecule has 9 heavy (non-hydrogen) atoms. The van der Waals surface area contributed by atoms with Crippen LogP contribution < -0.4 is 0 Å². The minimum Gasteiger partial charge on any atom is -0.507 e. The Kier molecular flexibility index (Phi) is 3.88. The fourth-order valence-corrected chi connectivity index (χ4v) is 0.288. The summed E-state index contributed by atoms with van der Waals surface area (Å²) in [5.74, 6) is 0.419. The average Bonchev–Trinajstić information content (AvgIpc) is 1.83. The number of aliphatic hydroxyl groups excluding tert-OH is 1. The molecule has 2 nitrogen and oxygen atoms in total. The Balaban J connectivity index is 3.71. The molecule has 0 aliphatic rings. The summed E-state index contributed by atoms with van der Waals surface area (Å²) in [4.78, 5) is 3.70. The molecule has 50 valence electrons. The van der Waals surface area contributed by atoms with E-state index >= 15 is 0 Å². The van der Waals surface area contributed by atoms with Gasteiger partial charge in [0.25, 0.3) is 0 Å². The molecule has 0 unspecified atom stereocenters. The number of aliphatic hydroxyl groups is 1. The molecule has 0 saturated heterocycles. The van der Waals surface area contributed by atoms with Crippen molar-refractivity contribution in [1.29, 1.82) is 0 Å². The number of hydrogen-bond donors (Lipinski definition) is 2. The SMILES string of the molecule is C=C(O)C=NC(=C)CS. The van der Waals surface area contributed by atoms with Gasteiger partial charge >= 0.3 is 0 Å². The minimum atomic E-state index is -0.0714. The Morgan fingerprint density at radius 1 is 1.67 bits per heavy atom. The maximum absolute atomic E-state index is 8.49. The van der Waals surface area contributed by atoms with E-state index in [0.717, 1.165) is 0 Å². The number of aliphatic imine (C=N–C) groups is 1. The van der Waals surface area contributed by atoms with Crippen molar-refractivity contribution < 1.29 is 5.11 Å². The van der Waals surface area contributed by atoms with Crippen LogP contribution >= 0.6 is 12.6 Å². The molecule has 0 aliphatic heterocycles. The molecular weight excluding hydrogens is 134 g/mol. The summed E-state index contributed by atoms with van der Waals surface area (Å²) in [7, 11) is 0. The molecule has 1 N–H and O–H groups in total. The van der Waals surface area contributed by atoms with E-state index in [1.54, 1.807) is 0 Å². The smallest absolute Gasteiger partial charge is 0.126 e. The number of rotatable bonds is 3. The van der Waals surface area contributed by atoms with E-state index in [1.807, 2.05) is 0 Å². The third-order valence-corrected chi connectivity index (χ3v) is 0.944. The van der Waals surface area contributed by atoms with Gasteiger partial charge in [-0.25, -0.2) is 0 Å². The van der Waals surface area contributed by atoms with Gasteiger partial charge < -0.3 is 5.11 Å². The van der Waals surface area contributed by atoms with Gasteiger partial charge in [0.1, 0.15) is 5.76 Å². The summed E-state index contributed by atoms with van der Waals surface area (Å²) < 4.78 is 0. The van der Waals surface area contributed by atoms with Crippen LogP contribution in [-0.2, 0) is 0 Å². The van der Waals surface area contributed by atoms with Crippen molar-refractivity contribution in [1.82, 2.24) is 0 Å². The van der Waals surface area contributed by atoms with Crippen molar-refractivity contribution in [3.8, 4) is 0 Å². The molecule has 0 aromatic rings. The Morgan fingerprint density at radius 3 is 2.56 bits per heavy atom. The van der Waals surface area contributed by atoms with Gasteiger partial charge in [-0.1, -0.05) is 13.2 Å². The molecule has 0 rings (SSSR count). The van der Waals surface area contributed by atoms with E-state index in [0.29, 0.717) is 11.4 Å². The van der Waals surface area contributed by atoms with Crippen molar-refractivity contribution in [3.63, 3.8) is 0 Å². The zero-order valence-electron chi connectivity index (χ0n) is 5.04. The van der Waals surface area contributed by atoms with Crippen LogP contribution in [0.4, 0.5) is 0 Å². The summed E-state index contributed by atoms with van der Waals surface area (Å²) in [5, 5.41) is 8.49. The lowest BCUT2D eigenvalue weighted by Gasteiger charge is -1.88. The van der Waals surface area contributed by atoms with Crippen LogP contribution in [0.5, 0.6) is 0 Å². The Hall–Kier alpha value is -0.700. The topological polar surface area (TPSA) is 32.6 Å². The van der Waals surface area contributed by atoms with Crippen LogP contribution in [0, 0.1) is 0 Å². The first kappa shape index (κ1) is 8.30. The lowest BCUT2D eigenvalue weighted by molar-refractivity contribution is 0.449. The van der Waals surface area contributed by atoms with Gasteiger partial charge in [0.15, 0.2) is 0 Å². The van der Waals surface area contributed by atoms with Crippen molar-refractivity contribution in [3.05, 3.63) is 24.6 Å². The molecule has 3 heteroatoms. The molecule has 0 saturated carbocycles. The largest absolute Gasteiger partial charge is 0.507 e. The third-order valence-electron chi connectivity index (χ3n) is 0.579. The fourth-order valence-electron chi connectivity index (χ4n) is 0.207. The van der Waals surface area contributed by atoms with Gasteiger partial charge in [-0.2, -0.15) is 12.6 Å². The minimum absolute atomic E-state index is 0.0714. The highest BCUT2D eigenvalue weighted by Crippen LogP contribution is 1.93. The average molecular weight is 143 g/mol. The Bertz CT molecular complexity index is 151. The van der Waals surface area contributed by atoms with Crippen molar-refractivity contribution in [2.24, 2.45) is 4.99 Å². The number of hydrogen-bond acceptors (Lipinski definition) is 3. The van der Waals surface area contributed by atoms with Crippen LogP contribution in [0.1, 0.15) is 0 Å². The molecule has 0 amide bonds. The molecule has 0 spiro atoms. The first-order chi connectivity index (χ1) is 4.16. The summed E-state index contributed by atoms with van der Waals surface area (Å²) in [6.45, 7) is 6.72. The molecule has 0 fully saturated rings. The fraction of sp³-hybridized carbons (Fsp3) is 0.167. The normalized spacial score (nSPS) is 9.89. The first-order valence-corrected chi connectivity index (χ1v) is 3.00. The second kappa shape index (κ2) is 4.21. The monoisotopic (exact) mass is 143 g/mol. The molecular formula is C6H9NOS. The second-order valence-corrected chi connectivity index (χ2v) is 1.79. The summed E-state index contributed by atoms with van der Waals surface area (Å²) in [5.41, 5.74) is 0.605. The van der Waals surface area contributed by atoms with Gasteiger partial charge in [0, 0.05) is 11.4 Å². The summed E-state index contributed by atoms with van der Waals surface area (Å²) in [6, 6.07) is 0. The summed E-state index contributed by atoms with van der Waals surface area (Å²) in [6.07, 6.45) is 1.23. The lowest BCUT2D eigenvalue weighted by atomic mass is 10.5. The zero-order chi connectivity index (χ0) is 7.28. The quantitative estimate of drug-likeness (QED) is 0.351. The van der Waals surface area contributed by atoms with E-state index in [2.05, 4.69) is 30.8 Å². The van der Waals surface area contributed by atoms with Gasteiger partial charge in [-0.15, -0.1) is 0 Å². The van der Waals surface area contributed by atoms with E-state index in [1.165, 1.54) is 6.21 Å². The second-order valence-electron chi connectivity index (χ2n) is 1.47. The molecule has 0 aromatic carbocycles. The van der Waals surface area contributed by atoms with Crippen LogP contribution in [0.3, 0.4) is 0 Å². The molecule has 0 bridgehead atoms. The van der Waals surface area contributed by atoms with Gasteiger partial charge in [0.05, 0.1) is 6.21 Å². The third kappa shape index (κ3) is 5.17. The maximum Gasteiger partial charge on any atom is 0.126 e. The Labute approximate surface area is 60.0 Å². The predicted octanol–water partition coefficient (Wildman–Crippen LogP) is 1.57. The van der Waals surface area contributed by atoms with Crippen LogP contribution in [0.15, 0.2) is 29.6 Å². The van der Waals surface area contributed by atoms with Gasteiger partial charge in [-0.3, -0.25) is 4.99 Å². The highest BCUT2D eigenvalue weighted by atomic mass is 32.1. The van der Waals surface area contributed by atoms with E-state index < -0.39 is 0 Å². The Morgan fingerprint density at radius 2 is 2.22 bits per heavy atom. The highest BCUT2D eigenvalue weighted by molar-refractivity contribution is 7.80. The standard InChI is InChI=1S/C6H9NOS/c1-5(4-9)7-3-6(2)8/h3,8-9H,1-2,4H2. The molecule has 0 aliphatic carbocycles. The van der Waals surface area contributed by atoms with E-state index in [-0.39, 0.29) is 5.76 Å². The van der Waals surface area contributed by atoms with E-state index in [9.17, 15) is 0 Å². The van der Waals surface area contributed by atoms with E-state index in [4.69, 9.17) is 5.11 Å². The zero-order valence-corrected chi connectivity index (χ0v) is 5.93. The van der Waals surface area contributed by atoms with Crippen molar-refractivity contribution in [2.75, 3.05) is 5.75 Å². The highest BCUT2D eigenvalue weighted by Gasteiger charge is 1.82.